The first kappa shape index (κ1) is 37.1. The third-order valence-electron chi connectivity index (χ3n) is 7.86. The number of hydroxylamine groups is 2. The fourth-order valence-electron chi connectivity index (χ4n) is 5.39. The molecule has 0 bridgehead atoms. The SMILES string of the molecule is CCCCN(O)C(=O)N/C=C/Cc1cc(C2CCC(c3cc(OC)c(OC)c(OC)c3)O2)cc(OC)c1OCCSc1ccc(Cl)cc1. The van der Waals surface area contributed by atoms with Gasteiger partial charge >= 0.3 is 6.03 Å². The van der Waals surface area contributed by atoms with Crippen molar-refractivity contribution in [2.24, 2.45) is 0 Å². The van der Waals surface area contributed by atoms with E-state index in [4.69, 9.17) is 40.0 Å². The van der Waals surface area contributed by atoms with Gasteiger partial charge in [0.1, 0.15) is 0 Å². The molecule has 12 heteroatoms. The summed E-state index contributed by atoms with van der Waals surface area (Å²) in [6, 6.07) is 15.0. The first-order valence-electron chi connectivity index (χ1n) is 15.9. The molecule has 1 heterocycles. The molecule has 2 atom stereocenters. The number of urea groups is 1. The Labute approximate surface area is 292 Å². The van der Waals surface area contributed by atoms with Crippen molar-refractivity contribution >= 4 is 29.4 Å². The molecule has 260 valence electrons. The minimum Gasteiger partial charge on any atom is -0.493 e. The third kappa shape index (κ3) is 9.88. The fraction of sp³-hybridized carbons (Fsp3) is 0.417. The third-order valence-corrected chi connectivity index (χ3v) is 9.08. The van der Waals surface area contributed by atoms with Crippen molar-refractivity contribution in [1.82, 2.24) is 10.4 Å². The molecule has 1 fully saturated rings. The number of carbonyl (C=O) groups is 1. The highest BCUT2D eigenvalue weighted by Crippen LogP contribution is 2.47. The molecule has 2 unspecified atom stereocenters. The van der Waals surface area contributed by atoms with Crippen LogP contribution in [0.25, 0.3) is 0 Å². The number of hydrogen-bond acceptors (Lipinski definition) is 9. The summed E-state index contributed by atoms with van der Waals surface area (Å²) < 4.78 is 35.4. The molecule has 0 radical (unpaired) electrons. The molecule has 0 aromatic heterocycles. The fourth-order valence-corrected chi connectivity index (χ4v) is 6.24. The van der Waals surface area contributed by atoms with Crippen LogP contribution in [0.1, 0.15) is 61.5 Å². The highest BCUT2D eigenvalue weighted by molar-refractivity contribution is 7.99. The van der Waals surface area contributed by atoms with Gasteiger partial charge in [-0.3, -0.25) is 5.21 Å². The van der Waals surface area contributed by atoms with Crippen LogP contribution in [0.3, 0.4) is 0 Å². The lowest BCUT2D eigenvalue weighted by Gasteiger charge is -2.20. The minimum atomic E-state index is -0.584. The van der Waals surface area contributed by atoms with E-state index < -0.39 is 6.03 Å². The molecule has 0 aliphatic carbocycles. The predicted molar refractivity (Wildman–Crippen MR) is 187 cm³/mol. The molecule has 1 saturated heterocycles. The molecular weight excluding hydrogens is 656 g/mol. The number of rotatable bonds is 17. The van der Waals surface area contributed by atoms with Crippen LogP contribution in [0.4, 0.5) is 4.79 Å². The lowest BCUT2D eigenvalue weighted by molar-refractivity contribution is -0.0425. The number of nitrogens with one attached hydrogen (secondary N) is 1. The van der Waals surface area contributed by atoms with Crippen LogP contribution < -0.4 is 29.0 Å². The zero-order valence-corrected chi connectivity index (χ0v) is 29.7. The average molecular weight is 701 g/mol. The van der Waals surface area contributed by atoms with Crippen LogP contribution in [0.15, 0.2) is 65.7 Å². The number of unbranched alkanes of at least 4 members (excludes halogenated alkanes) is 1. The molecule has 3 aromatic rings. The number of methoxy groups -OCH3 is 4. The van der Waals surface area contributed by atoms with Gasteiger partial charge in [-0.1, -0.05) is 31.0 Å². The number of benzene rings is 3. The summed E-state index contributed by atoms with van der Waals surface area (Å²) in [5.41, 5.74) is 2.77. The maximum atomic E-state index is 12.2. The Morgan fingerprint density at radius 3 is 2.15 bits per heavy atom. The van der Waals surface area contributed by atoms with Crippen molar-refractivity contribution < 1.29 is 38.4 Å². The summed E-state index contributed by atoms with van der Waals surface area (Å²) in [5, 5.41) is 14.0. The first-order valence-corrected chi connectivity index (χ1v) is 17.3. The van der Waals surface area contributed by atoms with Gasteiger partial charge in [0.15, 0.2) is 23.0 Å². The monoisotopic (exact) mass is 700 g/mol. The van der Waals surface area contributed by atoms with E-state index in [1.807, 2.05) is 55.5 Å². The van der Waals surface area contributed by atoms with Crippen LogP contribution >= 0.6 is 23.4 Å². The van der Waals surface area contributed by atoms with E-state index in [9.17, 15) is 10.0 Å². The van der Waals surface area contributed by atoms with Gasteiger partial charge in [-0.15, -0.1) is 11.8 Å². The quantitative estimate of drug-likeness (QED) is 0.0621. The average Bonchev–Trinajstić information content (AvgIpc) is 3.61. The molecule has 48 heavy (non-hydrogen) atoms. The Balaban J connectivity index is 1.53. The number of ether oxygens (including phenoxy) is 6. The topological polar surface area (TPSA) is 108 Å². The zero-order chi connectivity index (χ0) is 34.5. The summed E-state index contributed by atoms with van der Waals surface area (Å²) in [7, 11) is 6.39. The summed E-state index contributed by atoms with van der Waals surface area (Å²) in [4.78, 5) is 13.3. The van der Waals surface area contributed by atoms with Gasteiger partial charge < -0.3 is 33.7 Å². The molecular formula is C36H45ClN2O8S. The number of hydrogen-bond donors (Lipinski definition) is 2. The van der Waals surface area contributed by atoms with Crippen molar-refractivity contribution in [1.29, 1.82) is 0 Å². The van der Waals surface area contributed by atoms with Gasteiger partial charge in [-0.05, 0) is 85.3 Å². The maximum Gasteiger partial charge on any atom is 0.345 e. The summed E-state index contributed by atoms with van der Waals surface area (Å²) >= 11 is 7.70. The van der Waals surface area contributed by atoms with Crippen molar-refractivity contribution in [3.05, 3.63) is 82.5 Å². The van der Waals surface area contributed by atoms with Crippen LogP contribution in [-0.4, -0.2) is 63.6 Å². The van der Waals surface area contributed by atoms with Crippen LogP contribution in [0, 0.1) is 0 Å². The first-order chi connectivity index (χ1) is 23.3. The van der Waals surface area contributed by atoms with Gasteiger partial charge in [0.05, 0.1) is 53.8 Å². The van der Waals surface area contributed by atoms with Crippen molar-refractivity contribution in [3.63, 3.8) is 0 Å². The van der Waals surface area contributed by atoms with Crippen molar-refractivity contribution in [2.75, 3.05) is 47.3 Å². The smallest absolute Gasteiger partial charge is 0.345 e. The largest absolute Gasteiger partial charge is 0.493 e. The minimum absolute atomic E-state index is 0.178. The van der Waals surface area contributed by atoms with Gasteiger partial charge in [-0.2, -0.15) is 0 Å². The van der Waals surface area contributed by atoms with Crippen LogP contribution in [0.2, 0.25) is 5.02 Å². The molecule has 10 nitrogen and oxygen atoms in total. The summed E-state index contributed by atoms with van der Waals surface area (Å²) in [6.45, 7) is 2.70. The lowest BCUT2D eigenvalue weighted by Crippen LogP contribution is -2.35. The van der Waals surface area contributed by atoms with Crippen molar-refractivity contribution in [2.45, 2.75) is 56.1 Å². The Morgan fingerprint density at radius 2 is 1.56 bits per heavy atom. The molecule has 2 amide bonds. The lowest BCUT2D eigenvalue weighted by atomic mass is 9.99. The Morgan fingerprint density at radius 1 is 0.958 bits per heavy atom. The number of allylic oxidation sites excluding steroid dienone is 1. The van der Waals surface area contributed by atoms with E-state index in [-0.39, 0.29) is 18.8 Å². The van der Waals surface area contributed by atoms with Crippen molar-refractivity contribution in [3.8, 4) is 28.7 Å². The summed E-state index contributed by atoms with van der Waals surface area (Å²) in [5.74, 6) is 3.62. The number of halogens is 1. The number of carbonyl (C=O) groups excluding carboxylic acids is 1. The highest BCUT2D eigenvalue weighted by atomic mass is 35.5. The zero-order valence-electron chi connectivity index (χ0n) is 28.1. The standard InChI is InChI=1S/C36H45ClN2O8S/c1-6-7-17-39(41)36(40)38-16-8-9-24-20-25(21-31(42-2)34(24)46-18-19-48-28-12-10-27(37)11-13-28)29-14-15-30(47-29)26-22-32(43-3)35(45-5)33(23-26)44-4/h8,10-13,16,20-23,29-30,41H,6-7,9,14-15,17-19H2,1-5H3,(H,38,40)/b16-8+. The van der Waals surface area contributed by atoms with E-state index in [1.54, 1.807) is 40.2 Å². The van der Waals surface area contributed by atoms with E-state index >= 15 is 0 Å². The van der Waals surface area contributed by atoms with E-state index in [0.717, 1.165) is 40.8 Å². The number of amides is 2. The van der Waals surface area contributed by atoms with Gasteiger partial charge in [0, 0.05) is 27.4 Å². The second-order valence-electron chi connectivity index (χ2n) is 11.0. The molecule has 0 saturated carbocycles. The van der Waals surface area contributed by atoms with Gasteiger partial charge in [-0.25, -0.2) is 9.86 Å². The maximum absolute atomic E-state index is 12.2. The van der Waals surface area contributed by atoms with Gasteiger partial charge in [0.2, 0.25) is 5.75 Å². The van der Waals surface area contributed by atoms with Crippen LogP contribution in [0.5, 0.6) is 28.7 Å². The second kappa shape index (κ2) is 18.7. The number of thioether (sulfide) groups is 1. The molecule has 4 rings (SSSR count). The van der Waals surface area contributed by atoms with E-state index in [0.29, 0.717) is 64.0 Å². The Kier molecular flexibility index (Phi) is 14.4. The molecule has 0 spiro atoms. The highest BCUT2D eigenvalue weighted by Gasteiger charge is 2.31. The van der Waals surface area contributed by atoms with E-state index in [2.05, 4.69) is 11.4 Å². The Bertz CT molecular complexity index is 1500. The second-order valence-corrected chi connectivity index (χ2v) is 12.6. The Hall–Kier alpha value is -3.77. The van der Waals surface area contributed by atoms with Gasteiger partial charge in [0.25, 0.3) is 0 Å². The normalized spacial score (nSPS) is 15.7. The summed E-state index contributed by atoms with van der Waals surface area (Å²) in [6.07, 6.45) is 6.57. The molecule has 2 N–H and O–H groups in total. The van der Waals surface area contributed by atoms with Crippen LogP contribution in [-0.2, 0) is 11.2 Å². The predicted octanol–water partition coefficient (Wildman–Crippen LogP) is 8.40. The molecule has 1 aliphatic rings. The number of nitrogens with zero attached hydrogens (tertiary/aromatic N) is 1. The molecule has 3 aromatic carbocycles. The van der Waals surface area contributed by atoms with E-state index in [1.165, 1.54) is 6.20 Å². The molecule has 1 aliphatic heterocycles.